The number of halogens is 1. The van der Waals surface area contributed by atoms with Crippen LogP contribution in [0.1, 0.15) is 12.8 Å². The molecule has 3 nitrogen and oxygen atoms in total. The van der Waals surface area contributed by atoms with Gasteiger partial charge in [-0.2, -0.15) is 0 Å². The standard InChI is InChI=1S/C12H12IN2O/c13-8-4-7-11-12(16)14-9-15(11)10-5-2-1-3-6-10/h1-3,5-6,11H,4,7-8H2/q-1. The van der Waals surface area contributed by atoms with Crippen LogP contribution in [0.5, 0.6) is 0 Å². The van der Waals surface area contributed by atoms with E-state index in [9.17, 15) is 4.79 Å². The van der Waals surface area contributed by atoms with Crippen molar-refractivity contribution in [1.82, 2.24) is 0 Å². The van der Waals surface area contributed by atoms with E-state index >= 15 is 0 Å². The molecule has 1 aromatic rings. The summed E-state index contributed by atoms with van der Waals surface area (Å²) in [6.07, 6.45) is 4.65. The molecular weight excluding hydrogens is 315 g/mol. The molecule has 1 unspecified atom stereocenters. The van der Waals surface area contributed by atoms with Gasteiger partial charge in [0.2, 0.25) is 0 Å². The maximum Gasteiger partial charge on any atom is 0.164 e. The number of hydrogen-bond acceptors (Lipinski definition) is 2. The zero-order valence-electron chi connectivity index (χ0n) is 8.77. The third-order valence-corrected chi connectivity index (χ3v) is 3.27. The predicted octanol–water partition coefficient (Wildman–Crippen LogP) is 2.52. The Hall–Kier alpha value is -0.910. The van der Waals surface area contributed by atoms with E-state index in [0.717, 1.165) is 23.0 Å². The van der Waals surface area contributed by atoms with Crippen molar-refractivity contribution in [2.75, 3.05) is 9.33 Å². The largest absolute Gasteiger partial charge is 0.438 e. The molecule has 0 saturated heterocycles. The smallest absolute Gasteiger partial charge is 0.164 e. The first-order chi connectivity index (χ1) is 7.83. The molecule has 1 aliphatic rings. The minimum atomic E-state index is -0.155. The Kier molecular flexibility index (Phi) is 3.93. The van der Waals surface area contributed by atoms with Crippen molar-refractivity contribution < 1.29 is 4.79 Å². The summed E-state index contributed by atoms with van der Waals surface area (Å²) in [4.78, 5) is 17.2. The topological polar surface area (TPSA) is 32.7 Å². The molecule has 0 bridgehead atoms. The predicted molar refractivity (Wildman–Crippen MR) is 73.3 cm³/mol. The molecular formula is C12H12IN2O-. The normalized spacial score (nSPS) is 19.4. The van der Waals surface area contributed by atoms with Gasteiger partial charge in [-0.15, -0.1) is 0 Å². The highest BCUT2D eigenvalue weighted by Crippen LogP contribution is 2.22. The molecule has 16 heavy (non-hydrogen) atoms. The van der Waals surface area contributed by atoms with Crippen LogP contribution >= 0.6 is 22.6 Å². The Morgan fingerprint density at radius 1 is 1.38 bits per heavy atom. The minimum absolute atomic E-state index is 0.0753. The third-order valence-electron chi connectivity index (χ3n) is 2.51. The number of anilines is 1. The maximum atomic E-state index is 11.6. The van der Waals surface area contributed by atoms with Crippen LogP contribution in [0.3, 0.4) is 0 Å². The van der Waals surface area contributed by atoms with Crippen LogP contribution in [0.15, 0.2) is 35.3 Å². The lowest BCUT2D eigenvalue weighted by atomic mass is 10.1. The number of rotatable bonds is 4. The summed E-state index contributed by atoms with van der Waals surface area (Å²) >= 11 is 2.32. The molecule has 0 N–H and O–H groups in total. The van der Waals surface area contributed by atoms with Gasteiger partial charge in [0.15, 0.2) is 5.91 Å². The summed E-state index contributed by atoms with van der Waals surface area (Å²) in [6, 6.07) is 9.65. The molecule has 0 radical (unpaired) electrons. The van der Waals surface area contributed by atoms with Gasteiger partial charge in [0.25, 0.3) is 0 Å². The number of amides is 1. The highest BCUT2D eigenvalue weighted by molar-refractivity contribution is 14.1. The molecule has 1 aromatic carbocycles. The van der Waals surface area contributed by atoms with E-state index in [1.165, 1.54) is 0 Å². The lowest BCUT2D eigenvalue weighted by Gasteiger charge is -2.30. The SMILES string of the molecule is O=C1N=[C-]N(c2ccccc2)C1CCCI. The molecule has 1 aliphatic heterocycles. The number of hydrogen-bond donors (Lipinski definition) is 0. The fourth-order valence-electron chi connectivity index (χ4n) is 1.71. The zero-order chi connectivity index (χ0) is 11.4. The van der Waals surface area contributed by atoms with E-state index in [4.69, 9.17) is 0 Å². The van der Waals surface area contributed by atoms with E-state index in [1.54, 1.807) is 0 Å². The number of carbonyl (C=O) groups is 1. The van der Waals surface area contributed by atoms with Gasteiger partial charge in [-0.05, 0) is 17.3 Å². The van der Waals surface area contributed by atoms with Crippen LogP contribution in [-0.2, 0) is 4.79 Å². The second-order valence-corrected chi connectivity index (χ2v) is 4.68. The van der Waals surface area contributed by atoms with Crippen LogP contribution in [0.4, 0.5) is 5.69 Å². The zero-order valence-corrected chi connectivity index (χ0v) is 10.9. The van der Waals surface area contributed by atoms with Gasteiger partial charge in [-0.3, -0.25) is 0 Å². The van der Waals surface area contributed by atoms with Crippen LogP contribution < -0.4 is 4.90 Å². The van der Waals surface area contributed by atoms with Gasteiger partial charge in [-0.1, -0.05) is 58.6 Å². The molecule has 0 spiro atoms. The summed E-state index contributed by atoms with van der Waals surface area (Å²) in [5.41, 5.74) is 0.982. The number of nitrogens with zero attached hydrogens (tertiary/aromatic N) is 2. The average Bonchev–Trinajstić information content (AvgIpc) is 2.69. The fraction of sp³-hybridized carbons (Fsp3) is 0.333. The average molecular weight is 327 g/mol. The summed E-state index contributed by atoms with van der Waals surface area (Å²) in [7, 11) is 0. The van der Waals surface area contributed by atoms with Crippen molar-refractivity contribution in [1.29, 1.82) is 0 Å². The number of carbonyl (C=O) groups excluding carboxylic acids is 1. The fourth-order valence-corrected chi connectivity index (χ4v) is 2.15. The Morgan fingerprint density at radius 2 is 2.12 bits per heavy atom. The van der Waals surface area contributed by atoms with Gasteiger partial charge in [0, 0.05) is 12.4 Å². The van der Waals surface area contributed by atoms with Crippen LogP contribution in [0.25, 0.3) is 0 Å². The summed E-state index contributed by atoms with van der Waals surface area (Å²) in [5.74, 6) is -0.0753. The molecule has 1 amide bonds. The Labute approximate surface area is 109 Å². The number of aliphatic imine (C=N–C) groups is 1. The van der Waals surface area contributed by atoms with Crippen molar-refractivity contribution in [2.24, 2.45) is 4.99 Å². The van der Waals surface area contributed by atoms with Crippen molar-refractivity contribution in [3.8, 4) is 0 Å². The van der Waals surface area contributed by atoms with E-state index < -0.39 is 0 Å². The summed E-state index contributed by atoms with van der Waals surface area (Å²) < 4.78 is 1.06. The molecule has 0 aromatic heterocycles. The molecule has 0 aliphatic carbocycles. The second kappa shape index (κ2) is 5.43. The molecule has 4 heteroatoms. The monoisotopic (exact) mass is 327 g/mol. The van der Waals surface area contributed by atoms with Gasteiger partial charge >= 0.3 is 0 Å². The highest BCUT2D eigenvalue weighted by atomic mass is 127. The first-order valence-electron chi connectivity index (χ1n) is 5.23. The van der Waals surface area contributed by atoms with Gasteiger partial charge in [-0.25, -0.2) is 0 Å². The van der Waals surface area contributed by atoms with Crippen LogP contribution in [-0.4, -0.2) is 22.7 Å². The van der Waals surface area contributed by atoms with Gasteiger partial charge < -0.3 is 14.7 Å². The van der Waals surface area contributed by atoms with Gasteiger partial charge in [0.05, 0.1) is 0 Å². The Bertz CT molecular complexity index is 391. The van der Waals surface area contributed by atoms with Crippen LogP contribution in [0, 0.1) is 0 Å². The van der Waals surface area contributed by atoms with Crippen molar-refractivity contribution in [3.05, 3.63) is 30.3 Å². The molecule has 0 fully saturated rings. The minimum Gasteiger partial charge on any atom is -0.438 e. The lowest BCUT2D eigenvalue weighted by Crippen LogP contribution is -2.34. The van der Waals surface area contributed by atoms with Crippen molar-refractivity contribution in [2.45, 2.75) is 18.9 Å². The van der Waals surface area contributed by atoms with E-state index in [0.29, 0.717) is 0 Å². The quantitative estimate of drug-likeness (QED) is 0.484. The highest BCUT2D eigenvalue weighted by Gasteiger charge is 2.20. The third kappa shape index (κ3) is 2.42. The summed E-state index contributed by atoms with van der Waals surface area (Å²) in [5, 5.41) is 0. The van der Waals surface area contributed by atoms with E-state index in [-0.39, 0.29) is 11.9 Å². The Balaban J connectivity index is 2.14. The van der Waals surface area contributed by atoms with Gasteiger partial charge in [0.1, 0.15) is 0 Å². The molecule has 2 rings (SSSR count). The molecule has 1 atom stereocenters. The second-order valence-electron chi connectivity index (χ2n) is 3.60. The van der Waals surface area contributed by atoms with E-state index in [1.807, 2.05) is 35.2 Å². The van der Waals surface area contributed by atoms with Crippen molar-refractivity contribution >= 4 is 40.5 Å². The van der Waals surface area contributed by atoms with Crippen LogP contribution in [0.2, 0.25) is 0 Å². The number of para-hydroxylation sites is 1. The molecule has 84 valence electrons. The summed E-state index contributed by atoms with van der Waals surface area (Å²) in [6.45, 7) is 0. The van der Waals surface area contributed by atoms with Crippen molar-refractivity contribution in [3.63, 3.8) is 0 Å². The molecule has 0 saturated carbocycles. The molecule has 1 heterocycles. The first kappa shape index (κ1) is 11.6. The lowest BCUT2D eigenvalue weighted by molar-refractivity contribution is -0.118. The maximum absolute atomic E-state index is 11.6. The first-order valence-corrected chi connectivity index (χ1v) is 6.76. The van der Waals surface area contributed by atoms with E-state index in [2.05, 4.69) is 33.9 Å². The Morgan fingerprint density at radius 3 is 2.81 bits per heavy atom. The number of benzene rings is 1. The number of alkyl halides is 1.